The lowest BCUT2D eigenvalue weighted by Crippen LogP contribution is -2.35. The maximum absolute atomic E-state index is 11.7. The van der Waals surface area contributed by atoms with Crippen LogP contribution < -0.4 is 11.3 Å². The Morgan fingerprint density at radius 1 is 1.43 bits per heavy atom. The van der Waals surface area contributed by atoms with Gasteiger partial charge in [0.25, 0.3) is 5.56 Å². The minimum absolute atomic E-state index is 0.0295. The fourth-order valence-corrected chi connectivity index (χ4v) is 1.99. The lowest BCUT2D eigenvalue weighted by atomic mass is 9.95. The van der Waals surface area contributed by atoms with Crippen molar-refractivity contribution < 1.29 is 0 Å². The molecule has 14 heavy (non-hydrogen) atoms. The van der Waals surface area contributed by atoms with Gasteiger partial charge in [-0.1, -0.05) is 0 Å². The van der Waals surface area contributed by atoms with Crippen molar-refractivity contribution >= 4 is 0 Å². The molecule has 1 aliphatic rings. The van der Waals surface area contributed by atoms with Crippen LogP contribution >= 0.6 is 0 Å². The van der Waals surface area contributed by atoms with Crippen LogP contribution in [0.15, 0.2) is 10.9 Å². The highest BCUT2D eigenvalue weighted by Gasteiger charge is 2.21. The molecule has 0 fully saturated rings. The zero-order valence-corrected chi connectivity index (χ0v) is 8.68. The van der Waals surface area contributed by atoms with E-state index >= 15 is 0 Å². The van der Waals surface area contributed by atoms with E-state index in [1.165, 1.54) is 5.56 Å². The molecule has 1 aromatic heterocycles. The van der Waals surface area contributed by atoms with E-state index in [4.69, 9.17) is 5.73 Å². The van der Waals surface area contributed by atoms with Crippen LogP contribution in [0.25, 0.3) is 0 Å². The summed E-state index contributed by atoms with van der Waals surface area (Å²) in [7, 11) is 0. The SMILES string of the molecule is CC(C)(N)c1cc2c([nH]c1=O)CCC2. The standard InChI is InChI=1S/C11H16N2O/c1-11(2,12)8-6-7-4-3-5-9(7)13-10(8)14/h6H,3-5,12H2,1-2H3,(H,13,14). The number of hydrogen-bond donors (Lipinski definition) is 2. The summed E-state index contributed by atoms with van der Waals surface area (Å²) in [5, 5.41) is 0. The van der Waals surface area contributed by atoms with Crippen molar-refractivity contribution in [3.63, 3.8) is 0 Å². The lowest BCUT2D eigenvalue weighted by molar-refractivity contribution is 0.545. The van der Waals surface area contributed by atoms with Crippen LogP contribution in [0, 0.1) is 0 Å². The summed E-state index contributed by atoms with van der Waals surface area (Å²) in [4.78, 5) is 14.6. The number of H-pyrrole nitrogens is 1. The van der Waals surface area contributed by atoms with Crippen LogP contribution in [0.3, 0.4) is 0 Å². The van der Waals surface area contributed by atoms with E-state index in [9.17, 15) is 4.79 Å². The van der Waals surface area contributed by atoms with Crippen LogP contribution in [0.1, 0.15) is 37.1 Å². The summed E-state index contributed by atoms with van der Waals surface area (Å²) >= 11 is 0. The second-order valence-electron chi connectivity index (χ2n) is 4.59. The van der Waals surface area contributed by atoms with Crippen LogP contribution in [0.4, 0.5) is 0 Å². The summed E-state index contributed by atoms with van der Waals surface area (Å²) in [6.45, 7) is 3.72. The molecule has 3 nitrogen and oxygen atoms in total. The van der Waals surface area contributed by atoms with Crippen molar-refractivity contribution in [1.82, 2.24) is 4.98 Å². The molecule has 0 saturated carbocycles. The van der Waals surface area contributed by atoms with Gasteiger partial charge in [-0.2, -0.15) is 0 Å². The predicted octanol–water partition coefficient (Wildman–Crippen LogP) is 1.06. The summed E-state index contributed by atoms with van der Waals surface area (Å²) in [6.07, 6.45) is 3.20. The first-order valence-corrected chi connectivity index (χ1v) is 5.03. The Labute approximate surface area is 83.3 Å². The van der Waals surface area contributed by atoms with E-state index < -0.39 is 5.54 Å². The van der Waals surface area contributed by atoms with Crippen molar-refractivity contribution in [1.29, 1.82) is 0 Å². The van der Waals surface area contributed by atoms with Gasteiger partial charge in [0, 0.05) is 16.8 Å². The lowest BCUT2D eigenvalue weighted by Gasteiger charge is -2.18. The van der Waals surface area contributed by atoms with Gasteiger partial charge in [0.1, 0.15) is 0 Å². The molecule has 0 saturated heterocycles. The van der Waals surface area contributed by atoms with E-state index in [0.29, 0.717) is 5.56 Å². The number of aromatic nitrogens is 1. The third-order valence-corrected chi connectivity index (χ3v) is 2.78. The van der Waals surface area contributed by atoms with E-state index in [1.807, 2.05) is 19.9 Å². The van der Waals surface area contributed by atoms with Gasteiger partial charge < -0.3 is 10.7 Å². The molecule has 1 aliphatic carbocycles. The zero-order chi connectivity index (χ0) is 10.3. The number of rotatable bonds is 1. The number of fused-ring (bicyclic) bond motifs is 1. The Morgan fingerprint density at radius 3 is 2.79 bits per heavy atom. The molecular weight excluding hydrogens is 176 g/mol. The number of hydrogen-bond acceptors (Lipinski definition) is 2. The Balaban J connectivity index is 2.59. The smallest absolute Gasteiger partial charge is 0.253 e. The molecule has 0 radical (unpaired) electrons. The Kier molecular flexibility index (Phi) is 2.00. The first-order valence-electron chi connectivity index (χ1n) is 5.03. The average molecular weight is 192 g/mol. The highest BCUT2D eigenvalue weighted by molar-refractivity contribution is 5.31. The monoisotopic (exact) mass is 192 g/mol. The number of aryl methyl sites for hydroxylation is 2. The van der Waals surface area contributed by atoms with Gasteiger partial charge in [-0.15, -0.1) is 0 Å². The molecule has 0 aliphatic heterocycles. The van der Waals surface area contributed by atoms with Crippen LogP contribution in [0.5, 0.6) is 0 Å². The molecule has 1 aromatic rings. The number of nitrogens with two attached hydrogens (primary N) is 1. The summed E-state index contributed by atoms with van der Waals surface area (Å²) in [5.74, 6) is 0. The highest BCUT2D eigenvalue weighted by Crippen LogP contribution is 2.22. The number of aromatic amines is 1. The van der Waals surface area contributed by atoms with Gasteiger partial charge in [-0.25, -0.2) is 0 Å². The number of nitrogens with one attached hydrogen (secondary N) is 1. The number of pyridine rings is 1. The van der Waals surface area contributed by atoms with Crippen molar-refractivity contribution in [2.45, 2.75) is 38.6 Å². The van der Waals surface area contributed by atoms with Crippen molar-refractivity contribution in [2.75, 3.05) is 0 Å². The average Bonchev–Trinajstić information content (AvgIpc) is 2.47. The minimum Gasteiger partial charge on any atom is -0.326 e. The molecule has 0 spiro atoms. The molecule has 1 heterocycles. The van der Waals surface area contributed by atoms with E-state index in [1.54, 1.807) is 0 Å². The molecule has 0 amide bonds. The predicted molar refractivity (Wildman–Crippen MR) is 56.3 cm³/mol. The normalized spacial score (nSPS) is 15.6. The fourth-order valence-electron chi connectivity index (χ4n) is 1.99. The second-order valence-corrected chi connectivity index (χ2v) is 4.59. The van der Waals surface area contributed by atoms with E-state index in [-0.39, 0.29) is 5.56 Å². The fraction of sp³-hybridized carbons (Fsp3) is 0.545. The van der Waals surface area contributed by atoms with Crippen LogP contribution in [-0.2, 0) is 18.4 Å². The molecule has 3 N–H and O–H groups in total. The minimum atomic E-state index is -0.550. The van der Waals surface area contributed by atoms with Crippen molar-refractivity contribution in [2.24, 2.45) is 5.73 Å². The molecule has 2 rings (SSSR count). The van der Waals surface area contributed by atoms with Gasteiger partial charge >= 0.3 is 0 Å². The van der Waals surface area contributed by atoms with Gasteiger partial charge in [0.05, 0.1) is 0 Å². The van der Waals surface area contributed by atoms with Gasteiger partial charge in [-0.3, -0.25) is 4.79 Å². The molecule has 0 unspecified atom stereocenters. The second kappa shape index (κ2) is 2.95. The summed E-state index contributed by atoms with van der Waals surface area (Å²) in [5.41, 5.74) is 8.41. The first-order chi connectivity index (χ1) is 6.48. The Bertz CT molecular complexity index is 412. The van der Waals surface area contributed by atoms with Crippen molar-refractivity contribution in [3.05, 3.63) is 33.2 Å². The van der Waals surface area contributed by atoms with Gasteiger partial charge in [0.2, 0.25) is 0 Å². The Morgan fingerprint density at radius 2 is 2.14 bits per heavy atom. The topological polar surface area (TPSA) is 58.9 Å². The zero-order valence-electron chi connectivity index (χ0n) is 8.68. The Hall–Kier alpha value is -1.09. The molecule has 76 valence electrons. The van der Waals surface area contributed by atoms with Crippen LogP contribution in [0.2, 0.25) is 0 Å². The molecule has 0 aromatic carbocycles. The molecule has 0 atom stereocenters. The third-order valence-electron chi connectivity index (χ3n) is 2.78. The largest absolute Gasteiger partial charge is 0.326 e. The molecule has 3 heteroatoms. The van der Waals surface area contributed by atoms with Gasteiger partial charge in [-0.05, 0) is 44.7 Å². The summed E-state index contributed by atoms with van der Waals surface area (Å²) < 4.78 is 0. The first kappa shape index (κ1) is 9.46. The van der Waals surface area contributed by atoms with Crippen LogP contribution in [-0.4, -0.2) is 4.98 Å². The van der Waals surface area contributed by atoms with E-state index in [2.05, 4.69) is 4.98 Å². The third kappa shape index (κ3) is 1.48. The van der Waals surface area contributed by atoms with Gasteiger partial charge in [0.15, 0.2) is 0 Å². The maximum Gasteiger partial charge on any atom is 0.253 e. The highest BCUT2D eigenvalue weighted by atomic mass is 16.1. The van der Waals surface area contributed by atoms with Crippen molar-refractivity contribution in [3.8, 4) is 0 Å². The summed E-state index contributed by atoms with van der Waals surface area (Å²) in [6, 6.07) is 1.97. The molecule has 0 bridgehead atoms. The van der Waals surface area contributed by atoms with E-state index in [0.717, 1.165) is 25.0 Å². The quantitative estimate of drug-likeness (QED) is 0.699. The maximum atomic E-state index is 11.7. The molecular formula is C11H16N2O.